The molecule has 0 atom stereocenters. The standard InChI is InChI=1S/C18H24N2O3/c1-17(2,3)10-19-18(11-22-12-18)9-14-8-16(23-20-14)13-5-4-6-15(21)7-13/h4-8,19,21H,9-12H2,1-3H3. The topological polar surface area (TPSA) is 67.5 Å². The second-order valence-electron chi connectivity index (χ2n) is 7.60. The lowest BCUT2D eigenvalue weighted by atomic mass is 9.88. The number of hydrogen-bond acceptors (Lipinski definition) is 5. The van der Waals surface area contributed by atoms with Crippen molar-refractivity contribution in [1.82, 2.24) is 10.5 Å². The monoisotopic (exact) mass is 316 g/mol. The Morgan fingerprint density at radius 3 is 2.65 bits per heavy atom. The Morgan fingerprint density at radius 1 is 1.26 bits per heavy atom. The molecular formula is C18H24N2O3. The Labute approximate surface area is 136 Å². The first-order valence-corrected chi connectivity index (χ1v) is 7.93. The van der Waals surface area contributed by atoms with E-state index >= 15 is 0 Å². The summed E-state index contributed by atoms with van der Waals surface area (Å²) >= 11 is 0. The Kier molecular flexibility index (Phi) is 4.17. The molecular weight excluding hydrogens is 292 g/mol. The molecule has 23 heavy (non-hydrogen) atoms. The number of nitrogens with one attached hydrogen (secondary N) is 1. The van der Waals surface area contributed by atoms with E-state index in [1.54, 1.807) is 18.2 Å². The molecule has 1 aliphatic rings. The number of aromatic hydroxyl groups is 1. The first-order chi connectivity index (χ1) is 10.9. The van der Waals surface area contributed by atoms with E-state index in [9.17, 15) is 5.11 Å². The minimum Gasteiger partial charge on any atom is -0.508 e. The summed E-state index contributed by atoms with van der Waals surface area (Å²) < 4.78 is 10.9. The van der Waals surface area contributed by atoms with Crippen LogP contribution in [0, 0.1) is 5.41 Å². The van der Waals surface area contributed by atoms with Crippen LogP contribution >= 0.6 is 0 Å². The first-order valence-electron chi connectivity index (χ1n) is 7.93. The third-order valence-electron chi connectivity index (χ3n) is 3.96. The summed E-state index contributed by atoms with van der Waals surface area (Å²) in [5, 5.41) is 17.4. The van der Waals surface area contributed by atoms with Crippen LogP contribution in [0.2, 0.25) is 0 Å². The second kappa shape index (κ2) is 5.98. The van der Waals surface area contributed by atoms with E-state index in [-0.39, 0.29) is 16.7 Å². The van der Waals surface area contributed by atoms with Gasteiger partial charge in [-0.15, -0.1) is 0 Å². The van der Waals surface area contributed by atoms with Gasteiger partial charge in [0, 0.05) is 24.6 Å². The van der Waals surface area contributed by atoms with E-state index in [1.807, 2.05) is 12.1 Å². The van der Waals surface area contributed by atoms with Crippen LogP contribution in [0.15, 0.2) is 34.9 Å². The molecule has 1 aromatic heterocycles. The number of phenolic OH excluding ortho intramolecular Hbond substituents is 1. The molecule has 0 bridgehead atoms. The molecule has 2 heterocycles. The van der Waals surface area contributed by atoms with Gasteiger partial charge in [-0.25, -0.2) is 0 Å². The molecule has 1 fully saturated rings. The van der Waals surface area contributed by atoms with Gasteiger partial charge in [-0.3, -0.25) is 0 Å². The van der Waals surface area contributed by atoms with Crippen molar-refractivity contribution in [1.29, 1.82) is 0 Å². The minimum absolute atomic E-state index is 0.0553. The zero-order chi connectivity index (χ0) is 16.5. The van der Waals surface area contributed by atoms with Gasteiger partial charge in [0.1, 0.15) is 5.75 Å². The molecule has 0 unspecified atom stereocenters. The molecule has 2 aromatic rings. The van der Waals surface area contributed by atoms with E-state index in [0.29, 0.717) is 19.0 Å². The van der Waals surface area contributed by atoms with Crippen LogP contribution in [0.25, 0.3) is 11.3 Å². The summed E-state index contributed by atoms with van der Waals surface area (Å²) in [6, 6.07) is 8.93. The molecule has 0 radical (unpaired) electrons. The Balaban J connectivity index is 1.70. The van der Waals surface area contributed by atoms with Crippen LogP contribution in [0.1, 0.15) is 26.5 Å². The van der Waals surface area contributed by atoms with Gasteiger partial charge < -0.3 is 19.7 Å². The largest absolute Gasteiger partial charge is 0.508 e. The average Bonchev–Trinajstić information content (AvgIpc) is 2.89. The summed E-state index contributed by atoms with van der Waals surface area (Å²) in [6.07, 6.45) is 0.769. The van der Waals surface area contributed by atoms with Crippen molar-refractivity contribution in [2.45, 2.75) is 32.7 Å². The zero-order valence-corrected chi connectivity index (χ0v) is 13.9. The van der Waals surface area contributed by atoms with Gasteiger partial charge in [0.2, 0.25) is 0 Å². The normalized spacial score (nSPS) is 17.0. The zero-order valence-electron chi connectivity index (χ0n) is 13.9. The Bertz CT molecular complexity index is 669. The van der Waals surface area contributed by atoms with Crippen molar-refractivity contribution in [2.75, 3.05) is 19.8 Å². The molecule has 1 aromatic carbocycles. The molecule has 0 amide bonds. The van der Waals surface area contributed by atoms with Crippen LogP contribution < -0.4 is 5.32 Å². The highest BCUT2D eigenvalue weighted by Gasteiger charge is 2.39. The summed E-state index contributed by atoms with van der Waals surface area (Å²) in [6.45, 7) is 8.94. The Hall–Kier alpha value is -1.85. The van der Waals surface area contributed by atoms with Crippen LogP contribution in [0.3, 0.4) is 0 Å². The fourth-order valence-electron chi connectivity index (χ4n) is 2.60. The number of nitrogens with zero attached hydrogens (tertiary/aromatic N) is 1. The van der Waals surface area contributed by atoms with Crippen molar-refractivity contribution in [2.24, 2.45) is 5.41 Å². The van der Waals surface area contributed by atoms with Gasteiger partial charge in [0.05, 0.1) is 24.4 Å². The van der Waals surface area contributed by atoms with Gasteiger partial charge >= 0.3 is 0 Å². The number of hydrogen-bond donors (Lipinski definition) is 2. The van der Waals surface area contributed by atoms with Gasteiger partial charge in [-0.2, -0.15) is 0 Å². The van der Waals surface area contributed by atoms with Gasteiger partial charge in [0.15, 0.2) is 5.76 Å². The maximum Gasteiger partial charge on any atom is 0.167 e. The highest BCUT2D eigenvalue weighted by molar-refractivity contribution is 5.59. The van der Waals surface area contributed by atoms with Crippen LogP contribution in [0.4, 0.5) is 0 Å². The maximum absolute atomic E-state index is 9.57. The third kappa shape index (κ3) is 3.92. The molecule has 5 nitrogen and oxygen atoms in total. The summed E-state index contributed by atoms with van der Waals surface area (Å²) in [5.74, 6) is 0.887. The molecule has 2 N–H and O–H groups in total. The van der Waals surface area contributed by atoms with Crippen molar-refractivity contribution in [3.05, 3.63) is 36.0 Å². The SMILES string of the molecule is CC(C)(C)CNC1(Cc2cc(-c3cccc(O)c3)on2)COC1. The Morgan fingerprint density at radius 2 is 2.04 bits per heavy atom. The summed E-state index contributed by atoms with van der Waals surface area (Å²) in [5.41, 5.74) is 1.89. The average molecular weight is 316 g/mol. The fraction of sp³-hybridized carbons (Fsp3) is 0.500. The number of ether oxygens (including phenoxy) is 1. The number of phenols is 1. The van der Waals surface area contributed by atoms with Gasteiger partial charge in [0.25, 0.3) is 0 Å². The van der Waals surface area contributed by atoms with E-state index < -0.39 is 0 Å². The predicted molar refractivity (Wildman–Crippen MR) is 88.3 cm³/mol. The first kappa shape index (κ1) is 16.0. The molecule has 0 aliphatic carbocycles. The van der Waals surface area contributed by atoms with E-state index in [4.69, 9.17) is 9.26 Å². The maximum atomic E-state index is 9.57. The molecule has 0 saturated carbocycles. The van der Waals surface area contributed by atoms with Gasteiger partial charge in [-0.05, 0) is 17.5 Å². The van der Waals surface area contributed by atoms with Crippen LogP contribution in [-0.2, 0) is 11.2 Å². The lowest BCUT2D eigenvalue weighted by molar-refractivity contribution is -0.0774. The third-order valence-corrected chi connectivity index (χ3v) is 3.96. The fourth-order valence-corrected chi connectivity index (χ4v) is 2.60. The second-order valence-corrected chi connectivity index (χ2v) is 7.60. The predicted octanol–water partition coefficient (Wildman–Crippen LogP) is 2.99. The van der Waals surface area contributed by atoms with Crippen molar-refractivity contribution in [3.8, 4) is 17.1 Å². The molecule has 124 valence electrons. The summed E-state index contributed by atoms with van der Waals surface area (Å²) in [7, 11) is 0. The number of aromatic nitrogens is 1. The lowest BCUT2D eigenvalue weighted by Gasteiger charge is -2.43. The van der Waals surface area contributed by atoms with Gasteiger partial charge in [-0.1, -0.05) is 38.1 Å². The van der Waals surface area contributed by atoms with E-state index in [1.165, 1.54) is 0 Å². The highest BCUT2D eigenvalue weighted by atomic mass is 16.5. The minimum atomic E-state index is -0.0553. The summed E-state index contributed by atoms with van der Waals surface area (Å²) in [4.78, 5) is 0. The molecule has 5 heteroatoms. The quantitative estimate of drug-likeness (QED) is 0.887. The molecule has 0 spiro atoms. The lowest BCUT2D eigenvalue weighted by Crippen LogP contribution is -2.63. The number of rotatable bonds is 5. The van der Waals surface area contributed by atoms with Crippen LogP contribution in [0.5, 0.6) is 5.75 Å². The van der Waals surface area contributed by atoms with E-state index in [0.717, 1.165) is 24.2 Å². The molecule has 1 aliphatic heterocycles. The number of benzene rings is 1. The molecule has 3 rings (SSSR count). The molecule has 1 saturated heterocycles. The van der Waals surface area contributed by atoms with Crippen molar-refractivity contribution < 1.29 is 14.4 Å². The van der Waals surface area contributed by atoms with E-state index in [2.05, 4.69) is 31.2 Å². The van der Waals surface area contributed by atoms with Crippen LogP contribution in [-0.4, -0.2) is 35.6 Å². The highest BCUT2D eigenvalue weighted by Crippen LogP contribution is 2.28. The van der Waals surface area contributed by atoms with Crippen molar-refractivity contribution >= 4 is 0 Å². The van der Waals surface area contributed by atoms with Crippen molar-refractivity contribution in [3.63, 3.8) is 0 Å². The smallest absolute Gasteiger partial charge is 0.167 e.